The maximum atomic E-state index is 6.06. The minimum atomic E-state index is 0.577. The lowest BCUT2D eigenvalue weighted by Gasteiger charge is -2.30. The van der Waals surface area contributed by atoms with E-state index >= 15 is 0 Å². The first-order chi connectivity index (χ1) is 11.9. The molecule has 2 heterocycles. The standard InChI is InChI=1S/C20H21N3O/c1-2-5-16(6-3-1)15-24-18-13-17-7-4-8-22-20(17)19(14-18)23-11-9-21-10-12-23/h1-8,13-14,21H,9-12,15H2. The highest BCUT2D eigenvalue weighted by Gasteiger charge is 2.15. The van der Waals surface area contributed by atoms with Crippen molar-refractivity contribution in [2.45, 2.75) is 6.61 Å². The van der Waals surface area contributed by atoms with Crippen LogP contribution in [0.2, 0.25) is 0 Å². The van der Waals surface area contributed by atoms with E-state index in [1.807, 2.05) is 30.5 Å². The molecule has 0 radical (unpaired) electrons. The Morgan fingerprint density at radius 1 is 1.00 bits per heavy atom. The first kappa shape index (κ1) is 15.0. The molecule has 24 heavy (non-hydrogen) atoms. The van der Waals surface area contributed by atoms with Crippen molar-refractivity contribution in [1.29, 1.82) is 0 Å². The third-order valence-corrected chi connectivity index (χ3v) is 4.36. The molecule has 0 aliphatic carbocycles. The van der Waals surface area contributed by atoms with Crippen molar-refractivity contribution >= 4 is 16.6 Å². The molecular formula is C20H21N3O. The van der Waals surface area contributed by atoms with E-state index in [0.29, 0.717) is 6.61 Å². The number of nitrogens with zero attached hydrogens (tertiary/aromatic N) is 2. The fourth-order valence-corrected chi connectivity index (χ4v) is 3.12. The third-order valence-electron chi connectivity index (χ3n) is 4.36. The second kappa shape index (κ2) is 6.89. The van der Waals surface area contributed by atoms with E-state index < -0.39 is 0 Å². The van der Waals surface area contributed by atoms with Gasteiger partial charge in [0.2, 0.25) is 0 Å². The number of hydrogen-bond acceptors (Lipinski definition) is 4. The van der Waals surface area contributed by atoms with Crippen LogP contribution in [0, 0.1) is 0 Å². The average Bonchev–Trinajstić information content (AvgIpc) is 2.67. The number of ether oxygens (including phenoxy) is 1. The molecule has 122 valence electrons. The van der Waals surface area contributed by atoms with Gasteiger partial charge in [-0.2, -0.15) is 0 Å². The molecular weight excluding hydrogens is 298 g/mol. The van der Waals surface area contributed by atoms with Crippen LogP contribution in [-0.2, 0) is 6.61 Å². The first-order valence-electron chi connectivity index (χ1n) is 8.41. The fourth-order valence-electron chi connectivity index (χ4n) is 3.12. The van der Waals surface area contributed by atoms with Crippen LogP contribution in [0.4, 0.5) is 5.69 Å². The van der Waals surface area contributed by atoms with Gasteiger partial charge in [0.1, 0.15) is 12.4 Å². The number of hydrogen-bond donors (Lipinski definition) is 1. The van der Waals surface area contributed by atoms with Gasteiger partial charge in [-0.3, -0.25) is 4.98 Å². The lowest BCUT2D eigenvalue weighted by Crippen LogP contribution is -2.43. The molecule has 0 saturated carbocycles. The SMILES string of the molecule is c1ccc(COc2cc(N3CCNCC3)c3ncccc3c2)cc1. The molecule has 3 aromatic rings. The van der Waals surface area contributed by atoms with Crippen LogP contribution in [0.15, 0.2) is 60.8 Å². The van der Waals surface area contributed by atoms with Crippen LogP contribution >= 0.6 is 0 Å². The number of benzene rings is 2. The summed E-state index contributed by atoms with van der Waals surface area (Å²) in [6.07, 6.45) is 1.86. The summed E-state index contributed by atoms with van der Waals surface area (Å²) in [4.78, 5) is 6.99. The molecule has 1 N–H and O–H groups in total. The molecule has 4 rings (SSSR count). The summed E-state index contributed by atoms with van der Waals surface area (Å²) < 4.78 is 6.06. The molecule has 0 amide bonds. The Balaban J connectivity index is 1.65. The smallest absolute Gasteiger partial charge is 0.122 e. The highest BCUT2D eigenvalue weighted by molar-refractivity contribution is 5.92. The van der Waals surface area contributed by atoms with Crippen molar-refractivity contribution in [1.82, 2.24) is 10.3 Å². The average molecular weight is 319 g/mol. The van der Waals surface area contributed by atoms with Gasteiger partial charge in [0.05, 0.1) is 11.2 Å². The summed E-state index contributed by atoms with van der Waals surface area (Å²) in [5, 5.41) is 4.52. The van der Waals surface area contributed by atoms with Gasteiger partial charge in [0.25, 0.3) is 0 Å². The lowest BCUT2D eigenvalue weighted by atomic mass is 10.1. The van der Waals surface area contributed by atoms with E-state index in [0.717, 1.165) is 48.5 Å². The van der Waals surface area contributed by atoms with Gasteiger partial charge >= 0.3 is 0 Å². The van der Waals surface area contributed by atoms with Crippen molar-refractivity contribution < 1.29 is 4.74 Å². The van der Waals surface area contributed by atoms with Crippen molar-refractivity contribution in [3.63, 3.8) is 0 Å². The molecule has 0 atom stereocenters. The van der Waals surface area contributed by atoms with Crippen LogP contribution in [0.5, 0.6) is 5.75 Å². The van der Waals surface area contributed by atoms with Gasteiger partial charge in [0, 0.05) is 43.8 Å². The van der Waals surface area contributed by atoms with Crippen molar-refractivity contribution in [2.24, 2.45) is 0 Å². The molecule has 1 fully saturated rings. The summed E-state index contributed by atoms with van der Waals surface area (Å²) in [5.41, 5.74) is 3.39. The number of rotatable bonds is 4. The second-order valence-electron chi connectivity index (χ2n) is 6.03. The summed E-state index contributed by atoms with van der Waals surface area (Å²) in [5.74, 6) is 0.896. The molecule has 1 aliphatic rings. The van der Waals surface area contributed by atoms with Gasteiger partial charge in [-0.05, 0) is 17.7 Å². The van der Waals surface area contributed by atoms with Crippen LogP contribution < -0.4 is 15.0 Å². The number of nitrogens with one attached hydrogen (secondary N) is 1. The maximum absolute atomic E-state index is 6.06. The van der Waals surface area contributed by atoms with Gasteiger partial charge in [-0.1, -0.05) is 36.4 Å². The third kappa shape index (κ3) is 3.19. The molecule has 0 bridgehead atoms. The summed E-state index contributed by atoms with van der Waals surface area (Å²) in [6.45, 7) is 4.57. The lowest BCUT2D eigenvalue weighted by molar-refractivity contribution is 0.306. The Hall–Kier alpha value is -2.59. The van der Waals surface area contributed by atoms with Crippen molar-refractivity contribution in [2.75, 3.05) is 31.1 Å². The second-order valence-corrected chi connectivity index (χ2v) is 6.03. The number of aromatic nitrogens is 1. The Bertz CT molecular complexity index is 813. The minimum Gasteiger partial charge on any atom is -0.489 e. The molecule has 2 aromatic carbocycles. The predicted octanol–water partition coefficient (Wildman–Crippen LogP) is 3.22. The Kier molecular flexibility index (Phi) is 4.30. The molecule has 4 heteroatoms. The number of pyridine rings is 1. The number of anilines is 1. The van der Waals surface area contributed by atoms with E-state index in [1.165, 1.54) is 5.56 Å². The zero-order chi connectivity index (χ0) is 16.2. The molecule has 1 saturated heterocycles. The molecule has 4 nitrogen and oxygen atoms in total. The summed E-state index contributed by atoms with van der Waals surface area (Å²) in [7, 11) is 0. The maximum Gasteiger partial charge on any atom is 0.122 e. The van der Waals surface area contributed by atoms with Gasteiger partial charge in [-0.15, -0.1) is 0 Å². The van der Waals surface area contributed by atoms with Gasteiger partial charge < -0.3 is 15.0 Å². The van der Waals surface area contributed by atoms with Crippen molar-refractivity contribution in [3.05, 3.63) is 66.4 Å². The summed E-state index contributed by atoms with van der Waals surface area (Å²) >= 11 is 0. The molecule has 0 unspecified atom stereocenters. The number of fused-ring (bicyclic) bond motifs is 1. The van der Waals surface area contributed by atoms with Crippen LogP contribution in [0.1, 0.15) is 5.56 Å². The van der Waals surface area contributed by atoms with Crippen LogP contribution in [-0.4, -0.2) is 31.2 Å². The normalized spacial score (nSPS) is 14.8. The zero-order valence-electron chi connectivity index (χ0n) is 13.6. The minimum absolute atomic E-state index is 0.577. The predicted molar refractivity (Wildman–Crippen MR) is 97.6 cm³/mol. The molecule has 0 spiro atoms. The quantitative estimate of drug-likeness (QED) is 0.801. The Labute approximate surface area is 142 Å². The Morgan fingerprint density at radius 2 is 1.83 bits per heavy atom. The zero-order valence-corrected chi connectivity index (χ0v) is 13.6. The van der Waals surface area contributed by atoms with Gasteiger partial charge in [-0.25, -0.2) is 0 Å². The van der Waals surface area contributed by atoms with E-state index in [-0.39, 0.29) is 0 Å². The van der Waals surface area contributed by atoms with Gasteiger partial charge in [0.15, 0.2) is 0 Å². The van der Waals surface area contributed by atoms with Crippen LogP contribution in [0.25, 0.3) is 10.9 Å². The highest BCUT2D eigenvalue weighted by Crippen LogP contribution is 2.31. The van der Waals surface area contributed by atoms with E-state index in [9.17, 15) is 0 Å². The molecule has 1 aromatic heterocycles. The molecule has 1 aliphatic heterocycles. The summed E-state index contributed by atoms with van der Waals surface area (Å²) in [6, 6.07) is 18.5. The van der Waals surface area contributed by atoms with E-state index in [1.54, 1.807) is 0 Å². The van der Waals surface area contributed by atoms with E-state index in [2.05, 4.69) is 45.5 Å². The van der Waals surface area contributed by atoms with Crippen LogP contribution in [0.3, 0.4) is 0 Å². The fraction of sp³-hybridized carbons (Fsp3) is 0.250. The van der Waals surface area contributed by atoms with Crippen molar-refractivity contribution in [3.8, 4) is 5.75 Å². The Morgan fingerprint density at radius 3 is 2.67 bits per heavy atom. The monoisotopic (exact) mass is 319 g/mol. The largest absolute Gasteiger partial charge is 0.489 e. The van der Waals surface area contributed by atoms with E-state index in [4.69, 9.17) is 4.74 Å². The first-order valence-corrected chi connectivity index (χ1v) is 8.41. The topological polar surface area (TPSA) is 37.4 Å². The highest BCUT2D eigenvalue weighted by atomic mass is 16.5. The number of piperazine rings is 1.